The first-order chi connectivity index (χ1) is 11.7. The molecule has 0 aromatic carbocycles. The van der Waals surface area contributed by atoms with Crippen LogP contribution in [0.15, 0.2) is 24.5 Å². The maximum atomic E-state index is 12.1. The Morgan fingerprint density at radius 2 is 2.38 bits per heavy atom. The van der Waals surface area contributed by atoms with Crippen LogP contribution in [0.2, 0.25) is 0 Å². The third-order valence-electron chi connectivity index (χ3n) is 5.33. The summed E-state index contributed by atoms with van der Waals surface area (Å²) in [7, 11) is 0. The number of likely N-dealkylation sites (tertiary alicyclic amines) is 1. The SMILES string of the molecule is C[C@H]1CCN(C(=O)CC#N)C[C@H]1n1ccc2cnc3c(c21)C=CC3. The molecule has 0 spiro atoms. The van der Waals surface area contributed by atoms with Gasteiger partial charge in [-0.3, -0.25) is 9.78 Å². The van der Waals surface area contributed by atoms with E-state index in [1.807, 2.05) is 17.2 Å². The first-order valence-electron chi connectivity index (χ1n) is 8.48. The number of fused-ring (bicyclic) bond motifs is 3. The van der Waals surface area contributed by atoms with Crippen LogP contribution in [-0.4, -0.2) is 33.4 Å². The fourth-order valence-electron chi connectivity index (χ4n) is 3.94. The topological polar surface area (TPSA) is 61.9 Å². The Morgan fingerprint density at radius 3 is 3.21 bits per heavy atom. The standard InChI is InChI=1S/C19H20N4O/c1-13-6-9-22(18(24)5-8-20)12-17(13)23-10-7-14-11-21-16-4-2-3-15(16)19(14)23/h2-3,7,10-11,13,17H,4-6,9,12H2,1H3/t13-,17+/m0/s1. The molecule has 2 atom stereocenters. The first-order valence-corrected chi connectivity index (χ1v) is 8.48. The van der Waals surface area contributed by atoms with Gasteiger partial charge in [0.05, 0.1) is 23.3 Å². The summed E-state index contributed by atoms with van der Waals surface area (Å²) in [6.45, 7) is 3.67. The van der Waals surface area contributed by atoms with E-state index in [0.29, 0.717) is 12.5 Å². The highest BCUT2D eigenvalue weighted by atomic mass is 16.2. The zero-order valence-corrected chi connectivity index (χ0v) is 13.8. The van der Waals surface area contributed by atoms with Gasteiger partial charge in [0.15, 0.2) is 0 Å². The van der Waals surface area contributed by atoms with Gasteiger partial charge in [-0.1, -0.05) is 19.1 Å². The molecule has 3 heterocycles. The van der Waals surface area contributed by atoms with E-state index in [1.54, 1.807) is 0 Å². The largest absolute Gasteiger partial charge is 0.342 e. The number of nitriles is 1. The van der Waals surface area contributed by atoms with Gasteiger partial charge in [0, 0.05) is 42.9 Å². The lowest BCUT2D eigenvalue weighted by Gasteiger charge is -2.38. The van der Waals surface area contributed by atoms with Crippen LogP contribution in [0, 0.1) is 17.2 Å². The molecule has 1 saturated heterocycles. The molecule has 0 N–H and O–H groups in total. The van der Waals surface area contributed by atoms with Crippen molar-refractivity contribution in [3.8, 4) is 6.07 Å². The maximum absolute atomic E-state index is 12.1. The minimum absolute atomic E-state index is 0.0322. The quantitative estimate of drug-likeness (QED) is 0.854. The third-order valence-corrected chi connectivity index (χ3v) is 5.33. The zero-order valence-electron chi connectivity index (χ0n) is 13.8. The molecule has 5 nitrogen and oxygen atoms in total. The molecule has 1 fully saturated rings. The van der Waals surface area contributed by atoms with Crippen molar-refractivity contribution in [2.24, 2.45) is 5.92 Å². The van der Waals surface area contributed by atoms with Crippen LogP contribution >= 0.6 is 0 Å². The van der Waals surface area contributed by atoms with Crippen molar-refractivity contribution < 1.29 is 4.79 Å². The highest BCUT2D eigenvalue weighted by Crippen LogP contribution is 2.35. The van der Waals surface area contributed by atoms with E-state index in [1.165, 1.54) is 11.1 Å². The lowest BCUT2D eigenvalue weighted by atomic mass is 9.92. The van der Waals surface area contributed by atoms with E-state index in [4.69, 9.17) is 5.26 Å². The van der Waals surface area contributed by atoms with Crippen LogP contribution in [0.3, 0.4) is 0 Å². The molecule has 5 heteroatoms. The van der Waals surface area contributed by atoms with Crippen molar-refractivity contribution in [1.82, 2.24) is 14.5 Å². The number of hydrogen-bond donors (Lipinski definition) is 0. The Kier molecular flexibility index (Phi) is 3.61. The summed E-state index contributed by atoms with van der Waals surface area (Å²) in [4.78, 5) is 18.5. The molecule has 2 aromatic rings. The second kappa shape index (κ2) is 5.79. The van der Waals surface area contributed by atoms with Gasteiger partial charge >= 0.3 is 0 Å². The average molecular weight is 320 g/mol. The highest BCUT2D eigenvalue weighted by molar-refractivity contribution is 5.90. The van der Waals surface area contributed by atoms with Crippen LogP contribution in [0.5, 0.6) is 0 Å². The Morgan fingerprint density at radius 1 is 1.50 bits per heavy atom. The summed E-state index contributed by atoms with van der Waals surface area (Å²) >= 11 is 0. The molecule has 1 aliphatic heterocycles. The molecule has 0 unspecified atom stereocenters. The first kappa shape index (κ1) is 14.9. The predicted octanol–water partition coefficient (Wildman–Crippen LogP) is 2.93. The van der Waals surface area contributed by atoms with Crippen molar-refractivity contribution in [1.29, 1.82) is 5.26 Å². The van der Waals surface area contributed by atoms with Gasteiger partial charge in [0.2, 0.25) is 5.91 Å². The predicted molar refractivity (Wildman–Crippen MR) is 92.1 cm³/mol. The van der Waals surface area contributed by atoms with Gasteiger partial charge in [0.1, 0.15) is 6.42 Å². The number of piperidine rings is 1. The smallest absolute Gasteiger partial charge is 0.236 e. The molecule has 2 aromatic heterocycles. The van der Waals surface area contributed by atoms with Crippen LogP contribution in [-0.2, 0) is 11.2 Å². The lowest BCUT2D eigenvalue weighted by Crippen LogP contribution is -2.43. The van der Waals surface area contributed by atoms with Crippen molar-refractivity contribution in [2.75, 3.05) is 13.1 Å². The van der Waals surface area contributed by atoms with Gasteiger partial charge in [-0.05, 0) is 18.4 Å². The van der Waals surface area contributed by atoms with Gasteiger partial charge in [-0.2, -0.15) is 5.26 Å². The maximum Gasteiger partial charge on any atom is 0.236 e. The molecular weight excluding hydrogens is 300 g/mol. The number of amides is 1. The van der Waals surface area contributed by atoms with Gasteiger partial charge in [0.25, 0.3) is 0 Å². The molecule has 0 bridgehead atoms. The van der Waals surface area contributed by atoms with Crippen molar-refractivity contribution in [3.05, 3.63) is 35.8 Å². The normalized spacial score (nSPS) is 22.6. The summed E-state index contributed by atoms with van der Waals surface area (Å²) in [5, 5.41) is 9.95. The molecule has 24 heavy (non-hydrogen) atoms. The number of pyridine rings is 1. The van der Waals surface area contributed by atoms with Crippen LogP contribution in [0.25, 0.3) is 17.0 Å². The number of hydrogen-bond acceptors (Lipinski definition) is 3. The Hall–Kier alpha value is -2.61. The number of aromatic nitrogens is 2. The second-order valence-corrected chi connectivity index (χ2v) is 6.76. The van der Waals surface area contributed by atoms with E-state index >= 15 is 0 Å². The minimum atomic E-state index is -0.0577. The number of carbonyl (C=O) groups excluding carboxylic acids is 1. The summed E-state index contributed by atoms with van der Waals surface area (Å²) in [5.41, 5.74) is 3.56. The second-order valence-electron chi connectivity index (χ2n) is 6.76. The summed E-state index contributed by atoms with van der Waals surface area (Å²) in [5.74, 6) is 0.429. The van der Waals surface area contributed by atoms with E-state index in [2.05, 4.69) is 40.9 Å². The fraction of sp³-hybridized carbons (Fsp3) is 0.421. The molecule has 0 saturated carbocycles. The number of allylic oxidation sites excluding steroid dienone is 1. The zero-order chi connectivity index (χ0) is 16.7. The number of nitrogens with zero attached hydrogens (tertiary/aromatic N) is 4. The molecule has 1 amide bonds. The van der Waals surface area contributed by atoms with E-state index < -0.39 is 0 Å². The van der Waals surface area contributed by atoms with Crippen molar-refractivity contribution >= 4 is 22.9 Å². The Bertz CT molecular complexity index is 873. The molecule has 4 rings (SSSR count). The van der Waals surface area contributed by atoms with Gasteiger partial charge in [-0.15, -0.1) is 0 Å². The fourth-order valence-corrected chi connectivity index (χ4v) is 3.94. The van der Waals surface area contributed by atoms with Crippen LogP contribution < -0.4 is 0 Å². The Balaban J connectivity index is 1.73. The molecule has 0 radical (unpaired) electrons. The molecule has 2 aliphatic rings. The van der Waals surface area contributed by atoms with Gasteiger partial charge < -0.3 is 9.47 Å². The minimum Gasteiger partial charge on any atom is -0.342 e. The van der Waals surface area contributed by atoms with Crippen molar-refractivity contribution in [2.45, 2.75) is 32.2 Å². The van der Waals surface area contributed by atoms with Crippen LogP contribution in [0.1, 0.15) is 37.1 Å². The number of carbonyl (C=O) groups is 1. The third kappa shape index (κ3) is 2.30. The summed E-state index contributed by atoms with van der Waals surface area (Å²) in [6.07, 6.45) is 10.2. The Labute approximate surface area is 141 Å². The van der Waals surface area contributed by atoms with Crippen molar-refractivity contribution in [3.63, 3.8) is 0 Å². The lowest BCUT2D eigenvalue weighted by molar-refractivity contribution is -0.132. The molecule has 1 aliphatic carbocycles. The molecular formula is C19H20N4O. The van der Waals surface area contributed by atoms with E-state index in [0.717, 1.165) is 30.5 Å². The summed E-state index contributed by atoms with van der Waals surface area (Å²) < 4.78 is 2.32. The molecule has 122 valence electrons. The number of rotatable bonds is 2. The van der Waals surface area contributed by atoms with Gasteiger partial charge in [-0.25, -0.2) is 0 Å². The highest BCUT2D eigenvalue weighted by Gasteiger charge is 2.31. The monoisotopic (exact) mass is 320 g/mol. The van der Waals surface area contributed by atoms with E-state index in [-0.39, 0.29) is 18.4 Å². The average Bonchev–Trinajstić information content (AvgIpc) is 3.21. The van der Waals surface area contributed by atoms with Crippen LogP contribution in [0.4, 0.5) is 0 Å². The summed E-state index contributed by atoms with van der Waals surface area (Å²) in [6, 6.07) is 4.32. The van der Waals surface area contributed by atoms with E-state index in [9.17, 15) is 4.79 Å².